The van der Waals surface area contributed by atoms with Gasteiger partial charge in [-0.1, -0.05) is 0 Å². The van der Waals surface area contributed by atoms with E-state index in [0.717, 1.165) is 38.1 Å². The molecule has 1 saturated heterocycles. The zero-order chi connectivity index (χ0) is 16.9. The third kappa shape index (κ3) is 6.07. The number of ether oxygens (including phenoxy) is 1. The molecule has 1 fully saturated rings. The van der Waals surface area contributed by atoms with Gasteiger partial charge in [0.05, 0.1) is 6.54 Å². The van der Waals surface area contributed by atoms with E-state index in [-0.39, 0.29) is 24.8 Å². The first-order valence-electron chi connectivity index (χ1n) is 7.34. The van der Waals surface area contributed by atoms with Crippen LogP contribution in [-0.4, -0.2) is 48.5 Å². The molecule has 0 aliphatic carbocycles. The van der Waals surface area contributed by atoms with Crippen LogP contribution in [0.25, 0.3) is 0 Å². The van der Waals surface area contributed by atoms with E-state index in [1.54, 1.807) is 0 Å². The number of nitrogens with zero attached hydrogens (tertiary/aromatic N) is 1. The smallest absolute Gasteiger partial charge is 0.406 e. The highest BCUT2D eigenvalue weighted by atomic mass is 19.4. The molecule has 0 saturated carbocycles. The Morgan fingerprint density at radius 1 is 1.26 bits per heavy atom. The number of alkyl halides is 3. The fourth-order valence-electron chi connectivity index (χ4n) is 2.47. The number of amides is 1. The summed E-state index contributed by atoms with van der Waals surface area (Å²) in [4.78, 5) is 13.9. The monoisotopic (exact) mass is 332 g/mol. The molecule has 0 unspecified atom stereocenters. The van der Waals surface area contributed by atoms with Crippen molar-refractivity contribution in [1.29, 1.82) is 0 Å². The minimum atomic E-state index is -4.73. The number of carbonyl (C=O) groups excluding carboxylic acids is 1. The van der Waals surface area contributed by atoms with Crippen molar-refractivity contribution in [1.82, 2.24) is 4.90 Å². The predicted molar refractivity (Wildman–Crippen MR) is 78.0 cm³/mol. The van der Waals surface area contributed by atoms with Crippen LogP contribution in [0.5, 0.6) is 5.75 Å². The molecule has 0 atom stereocenters. The Kier molecular flexibility index (Phi) is 5.84. The molecular weight excluding hydrogens is 313 g/mol. The van der Waals surface area contributed by atoms with Crippen LogP contribution in [0.3, 0.4) is 0 Å². The van der Waals surface area contributed by atoms with E-state index in [0.29, 0.717) is 11.6 Å². The third-order valence-corrected chi connectivity index (χ3v) is 3.70. The maximum Gasteiger partial charge on any atom is 0.573 e. The summed E-state index contributed by atoms with van der Waals surface area (Å²) in [7, 11) is 0. The lowest BCUT2D eigenvalue weighted by Crippen LogP contribution is -2.39. The average Bonchev–Trinajstić information content (AvgIpc) is 2.48. The summed E-state index contributed by atoms with van der Waals surface area (Å²) >= 11 is 0. The van der Waals surface area contributed by atoms with E-state index >= 15 is 0 Å². The standard InChI is InChI=1S/C15H19F3N2O3/c16-15(17,18)23-13-3-1-12(2-4-13)19-14(22)9-20-7-5-11(10-21)6-8-20/h1-4,11,21H,5-10H2,(H,19,22). The summed E-state index contributed by atoms with van der Waals surface area (Å²) in [5.74, 6) is -0.256. The number of likely N-dealkylation sites (tertiary alicyclic amines) is 1. The fourth-order valence-corrected chi connectivity index (χ4v) is 2.47. The number of nitrogens with one attached hydrogen (secondary N) is 1. The minimum Gasteiger partial charge on any atom is -0.406 e. The first kappa shape index (κ1) is 17.6. The van der Waals surface area contributed by atoms with E-state index in [9.17, 15) is 18.0 Å². The summed E-state index contributed by atoms with van der Waals surface area (Å²) in [6.45, 7) is 1.89. The van der Waals surface area contributed by atoms with E-state index in [1.807, 2.05) is 4.90 Å². The zero-order valence-corrected chi connectivity index (χ0v) is 12.5. The molecule has 2 N–H and O–H groups in total. The maximum atomic E-state index is 12.1. The van der Waals surface area contributed by atoms with Crippen molar-refractivity contribution in [3.8, 4) is 5.75 Å². The second kappa shape index (κ2) is 7.65. The molecular formula is C15H19F3N2O3. The molecule has 5 nitrogen and oxygen atoms in total. The summed E-state index contributed by atoms with van der Waals surface area (Å²) < 4.78 is 39.9. The van der Waals surface area contributed by atoms with Crippen LogP contribution in [0.4, 0.5) is 18.9 Å². The second-order valence-corrected chi connectivity index (χ2v) is 5.52. The molecule has 2 rings (SSSR count). The van der Waals surface area contributed by atoms with Crippen molar-refractivity contribution in [3.05, 3.63) is 24.3 Å². The lowest BCUT2D eigenvalue weighted by molar-refractivity contribution is -0.274. The van der Waals surface area contributed by atoms with E-state index in [1.165, 1.54) is 12.1 Å². The average molecular weight is 332 g/mol. The van der Waals surface area contributed by atoms with Crippen molar-refractivity contribution < 1.29 is 27.8 Å². The highest BCUT2D eigenvalue weighted by molar-refractivity contribution is 5.92. The van der Waals surface area contributed by atoms with Crippen LogP contribution >= 0.6 is 0 Å². The summed E-state index contributed by atoms with van der Waals surface area (Å²) in [5, 5.41) is 11.7. The number of piperidine rings is 1. The molecule has 0 radical (unpaired) electrons. The van der Waals surface area contributed by atoms with Crippen LogP contribution in [0, 0.1) is 5.92 Å². The molecule has 0 spiro atoms. The molecule has 0 bridgehead atoms. The van der Waals surface area contributed by atoms with Crippen molar-refractivity contribution >= 4 is 11.6 Å². The van der Waals surface area contributed by atoms with Gasteiger partial charge >= 0.3 is 6.36 Å². The number of aliphatic hydroxyl groups is 1. The predicted octanol–water partition coefficient (Wildman–Crippen LogP) is 2.23. The van der Waals surface area contributed by atoms with Crippen molar-refractivity contribution in [2.24, 2.45) is 5.92 Å². The number of hydrogen-bond donors (Lipinski definition) is 2. The molecule has 128 valence electrons. The Morgan fingerprint density at radius 2 is 1.87 bits per heavy atom. The van der Waals surface area contributed by atoms with Gasteiger partial charge < -0.3 is 15.2 Å². The Balaban J connectivity index is 1.79. The summed E-state index contributed by atoms with van der Waals surface area (Å²) in [6, 6.07) is 5.01. The van der Waals surface area contributed by atoms with E-state index in [4.69, 9.17) is 5.11 Å². The number of halogens is 3. The molecule has 1 aliphatic rings. The molecule has 0 aromatic heterocycles. The lowest BCUT2D eigenvalue weighted by atomic mass is 9.98. The van der Waals surface area contributed by atoms with Gasteiger partial charge in [-0.05, 0) is 56.1 Å². The number of aliphatic hydroxyl groups excluding tert-OH is 1. The van der Waals surface area contributed by atoms with E-state index in [2.05, 4.69) is 10.1 Å². The molecule has 23 heavy (non-hydrogen) atoms. The van der Waals surface area contributed by atoms with Gasteiger partial charge in [-0.2, -0.15) is 0 Å². The van der Waals surface area contributed by atoms with Crippen LogP contribution < -0.4 is 10.1 Å². The van der Waals surface area contributed by atoms with Crippen molar-refractivity contribution in [2.75, 3.05) is 31.6 Å². The third-order valence-electron chi connectivity index (χ3n) is 3.70. The zero-order valence-electron chi connectivity index (χ0n) is 12.5. The van der Waals surface area contributed by atoms with Gasteiger partial charge in [-0.3, -0.25) is 9.69 Å². The number of hydrogen-bond acceptors (Lipinski definition) is 4. The van der Waals surface area contributed by atoms with Crippen LogP contribution in [0.2, 0.25) is 0 Å². The van der Waals surface area contributed by atoms with Gasteiger partial charge in [0.15, 0.2) is 0 Å². The molecule has 8 heteroatoms. The SMILES string of the molecule is O=C(CN1CCC(CO)CC1)Nc1ccc(OC(F)(F)F)cc1. The number of carbonyl (C=O) groups is 1. The molecule has 1 aromatic rings. The Labute approximate surface area is 132 Å². The van der Waals surface area contributed by atoms with Gasteiger partial charge in [-0.15, -0.1) is 13.2 Å². The van der Waals surface area contributed by atoms with Crippen LogP contribution in [0.1, 0.15) is 12.8 Å². The van der Waals surface area contributed by atoms with Crippen molar-refractivity contribution in [3.63, 3.8) is 0 Å². The van der Waals surface area contributed by atoms with Gasteiger partial charge in [0.1, 0.15) is 5.75 Å². The molecule has 1 heterocycles. The maximum absolute atomic E-state index is 12.1. The highest BCUT2D eigenvalue weighted by Gasteiger charge is 2.31. The number of anilines is 1. The first-order chi connectivity index (χ1) is 10.9. The van der Waals surface area contributed by atoms with Gasteiger partial charge in [0, 0.05) is 12.3 Å². The quantitative estimate of drug-likeness (QED) is 0.868. The van der Waals surface area contributed by atoms with Gasteiger partial charge in [-0.25, -0.2) is 0 Å². The first-order valence-corrected chi connectivity index (χ1v) is 7.34. The molecule has 1 aliphatic heterocycles. The van der Waals surface area contributed by atoms with E-state index < -0.39 is 6.36 Å². The van der Waals surface area contributed by atoms with Crippen LogP contribution in [-0.2, 0) is 4.79 Å². The molecule has 1 amide bonds. The Morgan fingerprint density at radius 3 is 2.39 bits per heavy atom. The fraction of sp³-hybridized carbons (Fsp3) is 0.533. The van der Waals surface area contributed by atoms with Gasteiger partial charge in [0.2, 0.25) is 5.91 Å². The van der Waals surface area contributed by atoms with Gasteiger partial charge in [0.25, 0.3) is 0 Å². The number of rotatable bonds is 5. The summed E-state index contributed by atoms with van der Waals surface area (Å²) in [6.07, 6.45) is -3.02. The summed E-state index contributed by atoms with van der Waals surface area (Å²) in [5.41, 5.74) is 0.412. The highest BCUT2D eigenvalue weighted by Crippen LogP contribution is 2.24. The normalized spacial score (nSPS) is 17.0. The largest absolute Gasteiger partial charge is 0.573 e. The topological polar surface area (TPSA) is 61.8 Å². The lowest BCUT2D eigenvalue weighted by Gasteiger charge is -2.30. The van der Waals surface area contributed by atoms with Crippen molar-refractivity contribution in [2.45, 2.75) is 19.2 Å². The molecule has 1 aromatic carbocycles. The second-order valence-electron chi connectivity index (χ2n) is 5.52. The Bertz CT molecular complexity index is 512. The number of benzene rings is 1. The van der Waals surface area contributed by atoms with Crippen LogP contribution in [0.15, 0.2) is 24.3 Å². The Hall–Kier alpha value is -1.80. The minimum absolute atomic E-state index is 0.173.